The number of nitrogens with one attached hydrogen (secondary N) is 1. The van der Waals surface area contributed by atoms with Crippen molar-refractivity contribution in [3.8, 4) is 0 Å². The van der Waals surface area contributed by atoms with Gasteiger partial charge < -0.3 is 5.32 Å². The van der Waals surface area contributed by atoms with Crippen LogP contribution in [-0.2, 0) is 6.54 Å². The number of hydrogen-bond acceptors (Lipinski definition) is 2. The SMILES string of the molecule is Cc1ccc(F)c(NCc2ccc3nc(C)ccc3c2)c1. The third-order valence-electron chi connectivity index (χ3n) is 3.50. The second-order valence-corrected chi connectivity index (χ2v) is 5.32. The summed E-state index contributed by atoms with van der Waals surface area (Å²) >= 11 is 0. The maximum absolute atomic E-state index is 13.7. The van der Waals surface area contributed by atoms with Gasteiger partial charge in [0.1, 0.15) is 5.82 Å². The van der Waals surface area contributed by atoms with E-state index in [1.807, 2.05) is 38.1 Å². The van der Waals surface area contributed by atoms with Crippen LogP contribution in [0.4, 0.5) is 10.1 Å². The highest BCUT2D eigenvalue weighted by Crippen LogP contribution is 2.19. The number of aryl methyl sites for hydroxylation is 2. The van der Waals surface area contributed by atoms with E-state index in [1.165, 1.54) is 6.07 Å². The third kappa shape index (κ3) is 3.02. The molecule has 21 heavy (non-hydrogen) atoms. The molecule has 0 fully saturated rings. The van der Waals surface area contributed by atoms with Gasteiger partial charge in [-0.25, -0.2) is 4.39 Å². The summed E-state index contributed by atoms with van der Waals surface area (Å²) in [5.74, 6) is -0.223. The molecule has 1 heterocycles. The van der Waals surface area contributed by atoms with Crippen LogP contribution in [0.5, 0.6) is 0 Å². The number of anilines is 1. The molecule has 3 heteroatoms. The van der Waals surface area contributed by atoms with Crippen molar-refractivity contribution in [2.45, 2.75) is 20.4 Å². The smallest absolute Gasteiger partial charge is 0.146 e. The first-order valence-electron chi connectivity index (χ1n) is 6.98. The molecule has 0 saturated carbocycles. The van der Waals surface area contributed by atoms with Gasteiger partial charge >= 0.3 is 0 Å². The van der Waals surface area contributed by atoms with Gasteiger partial charge in [0.15, 0.2) is 0 Å². The average Bonchev–Trinajstić information content (AvgIpc) is 2.48. The van der Waals surface area contributed by atoms with Crippen LogP contribution in [0.1, 0.15) is 16.8 Å². The first kappa shape index (κ1) is 13.6. The minimum atomic E-state index is -0.223. The third-order valence-corrected chi connectivity index (χ3v) is 3.50. The highest BCUT2D eigenvalue weighted by molar-refractivity contribution is 5.79. The molecule has 0 aliphatic rings. The van der Waals surface area contributed by atoms with Gasteiger partial charge in [0.05, 0.1) is 11.2 Å². The number of aromatic nitrogens is 1. The summed E-state index contributed by atoms with van der Waals surface area (Å²) in [6.07, 6.45) is 0. The molecule has 1 N–H and O–H groups in total. The van der Waals surface area contributed by atoms with Gasteiger partial charge in [-0.05, 0) is 55.3 Å². The van der Waals surface area contributed by atoms with Gasteiger partial charge in [0.2, 0.25) is 0 Å². The summed E-state index contributed by atoms with van der Waals surface area (Å²) in [4.78, 5) is 4.48. The maximum Gasteiger partial charge on any atom is 0.146 e. The number of fused-ring (bicyclic) bond motifs is 1. The molecule has 2 nitrogen and oxygen atoms in total. The Kier molecular flexibility index (Phi) is 3.57. The Morgan fingerprint density at radius 1 is 1.00 bits per heavy atom. The predicted octanol–water partition coefficient (Wildman–Crippen LogP) is 4.60. The Labute approximate surface area is 123 Å². The highest BCUT2D eigenvalue weighted by Gasteiger charge is 2.03. The Bertz CT molecular complexity index is 796. The summed E-state index contributed by atoms with van der Waals surface area (Å²) in [6.45, 7) is 4.52. The molecule has 3 rings (SSSR count). The van der Waals surface area contributed by atoms with Crippen molar-refractivity contribution in [2.24, 2.45) is 0 Å². The van der Waals surface area contributed by atoms with Gasteiger partial charge in [-0.1, -0.05) is 18.2 Å². The predicted molar refractivity (Wildman–Crippen MR) is 84.9 cm³/mol. The summed E-state index contributed by atoms with van der Waals surface area (Å²) in [6, 6.07) is 15.3. The van der Waals surface area contributed by atoms with Crippen molar-refractivity contribution in [2.75, 3.05) is 5.32 Å². The summed E-state index contributed by atoms with van der Waals surface area (Å²) in [7, 11) is 0. The molecule has 0 amide bonds. The number of rotatable bonds is 3. The molecule has 0 atom stereocenters. The minimum Gasteiger partial charge on any atom is -0.379 e. The number of halogens is 1. The van der Waals surface area contributed by atoms with Crippen LogP contribution in [0.2, 0.25) is 0 Å². The second kappa shape index (κ2) is 5.52. The molecular formula is C18H17FN2. The van der Waals surface area contributed by atoms with E-state index >= 15 is 0 Å². The van der Waals surface area contributed by atoms with Crippen molar-refractivity contribution in [3.63, 3.8) is 0 Å². The minimum absolute atomic E-state index is 0.223. The summed E-state index contributed by atoms with van der Waals surface area (Å²) in [5, 5.41) is 4.25. The van der Waals surface area contributed by atoms with Crippen LogP contribution in [-0.4, -0.2) is 4.98 Å². The fraction of sp³-hybridized carbons (Fsp3) is 0.167. The van der Waals surface area contributed by atoms with E-state index < -0.39 is 0 Å². The number of hydrogen-bond donors (Lipinski definition) is 1. The fourth-order valence-electron chi connectivity index (χ4n) is 2.36. The van der Waals surface area contributed by atoms with Crippen molar-refractivity contribution in [1.29, 1.82) is 0 Å². The summed E-state index contributed by atoms with van der Waals surface area (Å²) < 4.78 is 13.7. The van der Waals surface area contributed by atoms with Crippen molar-refractivity contribution >= 4 is 16.6 Å². The Balaban J connectivity index is 1.82. The first-order chi connectivity index (χ1) is 10.1. The zero-order valence-electron chi connectivity index (χ0n) is 12.2. The summed E-state index contributed by atoms with van der Waals surface area (Å²) in [5.41, 5.74) is 4.68. The van der Waals surface area contributed by atoms with Crippen LogP contribution in [0, 0.1) is 19.7 Å². The van der Waals surface area contributed by atoms with E-state index in [0.717, 1.165) is 27.7 Å². The quantitative estimate of drug-likeness (QED) is 0.758. The van der Waals surface area contributed by atoms with E-state index in [4.69, 9.17) is 0 Å². The zero-order chi connectivity index (χ0) is 14.8. The fourth-order valence-corrected chi connectivity index (χ4v) is 2.36. The van der Waals surface area contributed by atoms with Crippen molar-refractivity contribution in [1.82, 2.24) is 4.98 Å². The molecule has 106 valence electrons. The molecule has 0 unspecified atom stereocenters. The van der Waals surface area contributed by atoms with E-state index in [0.29, 0.717) is 12.2 Å². The Morgan fingerprint density at radius 2 is 1.86 bits per heavy atom. The van der Waals surface area contributed by atoms with Gasteiger partial charge in [-0.3, -0.25) is 4.98 Å². The molecule has 0 spiro atoms. The van der Waals surface area contributed by atoms with Crippen molar-refractivity contribution < 1.29 is 4.39 Å². The van der Waals surface area contributed by atoms with E-state index in [-0.39, 0.29) is 5.82 Å². The van der Waals surface area contributed by atoms with Crippen molar-refractivity contribution in [3.05, 3.63) is 71.2 Å². The molecule has 0 bridgehead atoms. The van der Waals surface area contributed by atoms with Gasteiger partial charge in [-0.15, -0.1) is 0 Å². The second-order valence-electron chi connectivity index (χ2n) is 5.32. The maximum atomic E-state index is 13.7. The van der Waals surface area contributed by atoms with E-state index in [2.05, 4.69) is 22.4 Å². The molecule has 0 aliphatic heterocycles. The zero-order valence-corrected chi connectivity index (χ0v) is 12.2. The van der Waals surface area contributed by atoms with Gasteiger partial charge in [0.25, 0.3) is 0 Å². The van der Waals surface area contributed by atoms with E-state index in [1.54, 1.807) is 6.07 Å². The Morgan fingerprint density at radius 3 is 2.71 bits per heavy atom. The standard InChI is InChI=1S/C18H17FN2/c1-12-3-7-16(19)18(9-12)20-11-14-5-8-17-15(10-14)6-4-13(2)21-17/h3-10,20H,11H2,1-2H3. The molecule has 0 radical (unpaired) electrons. The topological polar surface area (TPSA) is 24.9 Å². The molecule has 0 aliphatic carbocycles. The Hall–Kier alpha value is -2.42. The number of nitrogens with zero attached hydrogens (tertiary/aromatic N) is 1. The van der Waals surface area contributed by atoms with Crippen LogP contribution < -0.4 is 5.32 Å². The van der Waals surface area contributed by atoms with Crippen LogP contribution in [0.15, 0.2) is 48.5 Å². The van der Waals surface area contributed by atoms with Crippen LogP contribution in [0.25, 0.3) is 10.9 Å². The lowest BCUT2D eigenvalue weighted by Gasteiger charge is -2.09. The highest BCUT2D eigenvalue weighted by atomic mass is 19.1. The first-order valence-corrected chi connectivity index (χ1v) is 6.98. The molecule has 0 saturated heterocycles. The van der Waals surface area contributed by atoms with Gasteiger partial charge in [-0.2, -0.15) is 0 Å². The lowest BCUT2D eigenvalue weighted by Crippen LogP contribution is -2.02. The number of pyridine rings is 1. The normalized spacial score (nSPS) is 10.8. The average molecular weight is 280 g/mol. The monoisotopic (exact) mass is 280 g/mol. The molecular weight excluding hydrogens is 263 g/mol. The lowest BCUT2D eigenvalue weighted by atomic mass is 10.1. The van der Waals surface area contributed by atoms with E-state index in [9.17, 15) is 4.39 Å². The molecule has 3 aromatic rings. The largest absolute Gasteiger partial charge is 0.379 e. The van der Waals surface area contributed by atoms with Gasteiger partial charge in [0, 0.05) is 17.6 Å². The molecule has 2 aromatic carbocycles. The molecule has 1 aromatic heterocycles. The lowest BCUT2D eigenvalue weighted by molar-refractivity contribution is 0.629. The van der Waals surface area contributed by atoms with Crippen LogP contribution in [0.3, 0.4) is 0 Å². The van der Waals surface area contributed by atoms with Crippen LogP contribution >= 0.6 is 0 Å². The number of benzene rings is 2.